The number of hydrogen-bond acceptors (Lipinski definition) is 5. The predicted octanol–water partition coefficient (Wildman–Crippen LogP) is 5.23. The third-order valence-electron chi connectivity index (χ3n) is 4.93. The zero-order valence-corrected chi connectivity index (χ0v) is 17.7. The first-order valence-electron chi connectivity index (χ1n) is 10.2. The van der Waals surface area contributed by atoms with Crippen LogP contribution < -0.4 is 9.47 Å². The molecule has 1 aliphatic heterocycles. The molecule has 0 aromatic heterocycles. The maximum atomic E-state index is 13.2. The van der Waals surface area contributed by atoms with Crippen molar-refractivity contribution in [2.24, 2.45) is 4.99 Å². The van der Waals surface area contributed by atoms with Gasteiger partial charge < -0.3 is 14.2 Å². The Kier molecular flexibility index (Phi) is 6.03. The van der Waals surface area contributed by atoms with Crippen molar-refractivity contribution >= 4 is 11.7 Å². The van der Waals surface area contributed by atoms with Gasteiger partial charge in [0, 0.05) is 5.56 Å². The number of Topliss-reactive ketones (excluding diaryl/α,β-unsaturated/α-hetero) is 1. The Balaban J connectivity index is 1.58. The van der Waals surface area contributed by atoms with Crippen LogP contribution in [0.15, 0.2) is 83.9 Å². The highest BCUT2D eigenvalue weighted by Crippen LogP contribution is 2.33. The Morgan fingerprint density at radius 2 is 1.58 bits per heavy atom. The summed E-state index contributed by atoms with van der Waals surface area (Å²) in [7, 11) is 0. The molecule has 0 N–H and O–H groups in total. The molecule has 0 radical (unpaired) electrons. The predicted molar refractivity (Wildman–Crippen MR) is 120 cm³/mol. The second kappa shape index (κ2) is 9.04. The Labute approximate surface area is 182 Å². The van der Waals surface area contributed by atoms with Gasteiger partial charge in [-0.25, -0.2) is 4.99 Å². The number of carbonyl (C=O) groups is 1. The van der Waals surface area contributed by atoms with Crippen LogP contribution in [-0.4, -0.2) is 24.0 Å². The van der Waals surface area contributed by atoms with Crippen molar-refractivity contribution in [3.05, 3.63) is 95.6 Å². The van der Waals surface area contributed by atoms with E-state index in [0.29, 0.717) is 12.0 Å². The number of hydrogen-bond donors (Lipinski definition) is 0. The van der Waals surface area contributed by atoms with Gasteiger partial charge in [-0.15, -0.1) is 0 Å². The molecule has 0 amide bonds. The third-order valence-corrected chi connectivity index (χ3v) is 4.93. The van der Waals surface area contributed by atoms with Gasteiger partial charge in [-0.05, 0) is 43.5 Å². The molecule has 0 saturated heterocycles. The lowest BCUT2D eigenvalue weighted by atomic mass is 9.95. The summed E-state index contributed by atoms with van der Waals surface area (Å²) >= 11 is 0. The second-order valence-corrected chi connectivity index (χ2v) is 8.06. The fourth-order valence-electron chi connectivity index (χ4n) is 3.45. The molecule has 0 unspecified atom stereocenters. The minimum Gasteiger partial charge on any atom is -0.470 e. The van der Waals surface area contributed by atoms with Gasteiger partial charge >= 0.3 is 0 Å². The molecule has 158 valence electrons. The maximum Gasteiger partial charge on any atom is 0.259 e. The highest BCUT2D eigenvalue weighted by molar-refractivity contribution is 6.43. The molecule has 0 bridgehead atoms. The number of benzene rings is 3. The Hall–Kier alpha value is -3.60. The lowest BCUT2D eigenvalue weighted by molar-refractivity contribution is 0.102. The van der Waals surface area contributed by atoms with Crippen molar-refractivity contribution in [2.45, 2.75) is 32.4 Å². The number of ketones is 1. The smallest absolute Gasteiger partial charge is 0.259 e. The molecular formula is C26H25NO4. The van der Waals surface area contributed by atoms with E-state index in [9.17, 15) is 4.79 Å². The van der Waals surface area contributed by atoms with E-state index in [2.05, 4.69) is 0 Å². The van der Waals surface area contributed by atoms with E-state index in [0.717, 1.165) is 22.6 Å². The molecule has 1 heterocycles. The van der Waals surface area contributed by atoms with Crippen LogP contribution in [0.4, 0.5) is 0 Å². The molecule has 3 aromatic carbocycles. The van der Waals surface area contributed by atoms with E-state index in [1.165, 1.54) is 0 Å². The minimum atomic E-state index is -0.565. The van der Waals surface area contributed by atoms with Gasteiger partial charge in [0.1, 0.15) is 6.61 Å². The molecule has 1 aliphatic rings. The van der Waals surface area contributed by atoms with Crippen LogP contribution >= 0.6 is 0 Å². The topological polar surface area (TPSA) is 57.1 Å². The van der Waals surface area contributed by atoms with Gasteiger partial charge in [0.15, 0.2) is 11.5 Å². The van der Waals surface area contributed by atoms with Crippen molar-refractivity contribution in [3.8, 4) is 11.5 Å². The van der Waals surface area contributed by atoms with Gasteiger partial charge in [0.25, 0.3) is 5.90 Å². The van der Waals surface area contributed by atoms with Gasteiger partial charge in [0.2, 0.25) is 12.6 Å². The maximum absolute atomic E-state index is 13.2. The van der Waals surface area contributed by atoms with E-state index in [1.807, 2.05) is 80.6 Å². The Morgan fingerprint density at radius 1 is 0.903 bits per heavy atom. The molecule has 0 saturated carbocycles. The molecule has 5 nitrogen and oxygen atoms in total. The standard InChI is InChI=1S/C26H25NO4/c1-26(2,16-20-13-14-22-23(15-20)31-18-30-22)27-25(24(28)21-11-7-4-8-12-21)29-17-19-9-5-3-6-10-19/h3-15H,16-18H2,1-2H3. The van der Waals surface area contributed by atoms with Crippen molar-refractivity contribution < 1.29 is 19.0 Å². The van der Waals surface area contributed by atoms with E-state index in [-0.39, 0.29) is 25.1 Å². The zero-order valence-electron chi connectivity index (χ0n) is 17.7. The SMILES string of the molecule is CC(C)(Cc1ccc2c(c1)OCO2)N=C(OCc1ccccc1)C(=O)c1ccccc1. The summed E-state index contributed by atoms with van der Waals surface area (Å²) in [6, 6.07) is 24.7. The van der Waals surface area contributed by atoms with Crippen LogP contribution in [0, 0.1) is 0 Å². The number of aliphatic imine (C=N–C) groups is 1. The molecule has 0 aliphatic carbocycles. The Morgan fingerprint density at radius 3 is 2.32 bits per heavy atom. The first kappa shape index (κ1) is 20.7. The molecule has 0 atom stereocenters. The van der Waals surface area contributed by atoms with Crippen molar-refractivity contribution in [1.29, 1.82) is 0 Å². The highest BCUT2D eigenvalue weighted by atomic mass is 16.7. The molecule has 3 aromatic rings. The number of fused-ring (bicyclic) bond motifs is 1. The second-order valence-electron chi connectivity index (χ2n) is 8.06. The van der Waals surface area contributed by atoms with Gasteiger partial charge in [-0.3, -0.25) is 4.79 Å². The van der Waals surface area contributed by atoms with E-state index >= 15 is 0 Å². The largest absolute Gasteiger partial charge is 0.470 e. The summed E-state index contributed by atoms with van der Waals surface area (Å²) in [5.74, 6) is 1.37. The lowest BCUT2D eigenvalue weighted by Gasteiger charge is -2.22. The van der Waals surface area contributed by atoms with Crippen LogP contribution in [0.2, 0.25) is 0 Å². The fraction of sp³-hybridized carbons (Fsp3) is 0.231. The van der Waals surface area contributed by atoms with E-state index in [1.54, 1.807) is 12.1 Å². The number of ether oxygens (including phenoxy) is 3. The minimum absolute atomic E-state index is 0.112. The van der Waals surface area contributed by atoms with Crippen LogP contribution in [0.1, 0.15) is 35.3 Å². The summed E-state index contributed by atoms with van der Waals surface area (Å²) < 4.78 is 16.8. The number of carbonyl (C=O) groups excluding carboxylic acids is 1. The van der Waals surface area contributed by atoms with Crippen molar-refractivity contribution in [2.75, 3.05) is 6.79 Å². The van der Waals surface area contributed by atoms with Gasteiger partial charge in [-0.2, -0.15) is 0 Å². The van der Waals surface area contributed by atoms with E-state index in [4.69, 9.17) is 19.2 Å². The molecule has 31 heavy (non-hydrogen) atoms. The molecule has 0 fully saturated rings. The molecular weight excluding hydrogens is 390 g/mol. The van der Waals surface area contributed by atoms with Crippen LogP contribution in [0.3, 0.4) is 0 Å². The van der Waals surface area contributed by atoms with Crippen molar-refractivity contribution in [3.63, 3.8) is 0 Å². The van der Waals surface area contributed by atoms with Crippen LogP contribution in [-0.2, 0) is 17.8 Å². The first-order chi connectivity index (χ1) is 15.0. The molecule has 0 spiro atoms. The number of rotatable bonds is 7. The number of nitrogens with zero attached hydrogens (tertiary/aromatic N) is 1. The highest BCUT2D eigenvalue weighted by Gasteiger charge is 2.25. The summed E-state index contributed by atoms with van der Waals surface area (Å²) in [4.78, 5) is 17.9. The third kappa shape index (κ3) is 5.31. The first-order valence-corrected chi connectivity index (χ1v) is 10.2. The zero-order chi connectivity index (χ0) is 21.7. The fourth-order valence-corrected chi connectivity index (χ4v) is 3.45. The van der Waals surface area contributed by atoms with Crippen LogP contribution in [0.5, 0.6) is 11.5 Å². The monoisotopic (exact) mass is 415 g/mol. The quantitative estimate of drug-likeness (QED) is 0.301. The summed E-state index contributed by atoms with van der Waals surface area (Å²) in [5, 5.41) is 0. The average Bonchev–Trinajstić information content (AvgIpc) is 3.25. The normalized spacial score (nSPS) is 13.2. The molecule has 5 heteroatoms. The van der Waals surface area contributed by atoms with Crippen LogP contribution in [0.25, 0.3) is 0 Å². The lowest BCUT2D eigenvalue weighted by Crippen LogP contribution is -2.27. The average molecular weight is 415 g/mol. The van der Waals surface area contributed by atoms with Crippen molar-refractivity contribution in [1.82, 2.24) is 0 Å². The summed E-state index contributed by atoms with van der Waals surface area (Å²) in [5.41, 5.74) is 2.01. The summed E-state index contributed by atoms with van der Waals surface area (Å²) in [6.07, 6.45) is 0.615. The van der Waals surface area contributed by atoms with E-state index < -0.39 is 5.54 Å². The summed E-state index contributed by atoms with van der Waals surface area (Å²) in [6.45, 7) is 4.49. The van der Waals surface area contributed by atoms with Gasteiger partial charge in [-0.1, -0.05) is 66.7 Å². The Bertz CT molecular complexity index is 1080. The van der Waals surface area contributed by atoms with Gasteiger partial charge in [0.05, 0.1) is 5.54 Å². The molecule has 4 rings (SSSR count).